The summed E-state index contributed by atoms with van der Waals surface area (Å²) in [4.78, 5) is 13.2. The van der Waals surface area contributed by atoms with Crippen molar-refractivity contribution in [1.82, 2.24) is 10.2 Å². The van der Waals surface area contributed by atoms with Gasteiger partial charge in [0.15, 0.2) is 5.78 Å². The Balaban J connectivity index is 1.43. The molecule has 0 amide bonds. The van der Waals surface area contributed by atoms with Gasteiger partial charge in [-0.15, -0.1) is 5.10 Å². The molecule has 1 fully saturated rings. The molecule has 1 heterocycles. The highest BCUT2D eigenvalue weighted by atomic mass is 16.1. The van der Waals surface area contributed by atoms with Crippen LogP contribution >= 0.6 is 0 Å². The lowest BCUT2D eigenvalue weighted by Gasteiger charge is -2.43. The fraction of sp³-hybridized carbons (Fsp3) is 0.147. The third-order valence-corrected chi connectivity index (χ3v) is 9.64. The monoisotopic (exact) mass is 472 g/mol. The predicted octanol–water partition coefficient (Wildman–Crippen LogP) is 5.24. The molecule has 0 aliphatic heterocycles. The van der Waals surface area contributed by atoms with Crippen LogP contribution in [0.4, 0.5) is 0 Å². The van der Waals surface area contributed by atoms with E-state index in [1.807, 2.05) is 6.08 Å². The van der Waals surface area contributed by atoms with E-state index in [-0.39, 0.29) is 23.5 Å². The fourth-order valence-corrected chi connectivity index (χ4v) is 8.29. The molecular weight excluding hydrogens is 452 g/mol. The molecule has 37 heavy (non-hydrogen) atoms. The number of allylic oxidation sites excluding steroid dienone is 6. The van der Waals surface area contributed by atoms with Crippen molar-refractivity contribution in [3.63, 3.8) is 0 Å². The predicted molar refractivity (Wildman–Crippen MR) is 147 cm³/mol. The first kappa shape index (κ1) is 18.8. The highest BCUT2D eigenvalue weighted by Crippen LogP contribution is 2.53. The Morgan fingerprint density at radius 1 is 0.757 bits per heavy atom. The van der Waals surface area contributed by atoms with Gasteiger partial charge >= 0.3 is 0 Å². The van der Waals surface area contributed by atoms with Crippen LogP contribution in [0.1, 0.15) is 29.0 Å². The van der Waals surface area contributed by atoms with Crippen molar-refractivity contribution in [3.8, 4) is 11.1 Å². The largest absolute Gasteiger partial charge is 0.294 e. The van der Waals surface area contributed by atoms with Gasteiger partial charge in [-0.2, -0.15) is 5.10 Å². The summed E-state index contributed by atoms with van der Waals surface area (Å²) in [5, 5.41) is 18.4. The standard InChI is InChI=1S/C34H20N2O/c37-27-7-3-5-17-13-19-9-11-22-21-10-8-18-12-16-4-1-2-6-20(16)23-14-25-33(31(21)29(18)23)34-26(36-35-25)15-24(28(17)27)30(19)32(22)34/h1-11,14-15,24,28,30H,12-13H2. The summed E-state index contributed by atoms with van der Waals surface area (Å²) < 4.78 is 0. The fourth-order valence-electron chi connectivity index (χ4n) is 8.29. The molecule has 5 aliphatic carbocycles. The minimum Gasteiger partial charge on any atom is -0.294 e. The van der Waals surface area contributed by atoms with Crippen LogP contribution in [-0.4, -0.2) is 16.0 Å². The van der Waals surface area contributed by atoms with Crippen LogP contribution in [0.3, 0.4) is 0 Å². The summed E-state index contributed by atoms with van der Waals surface area (Å²) in [6.07, 6.45) is 14.6. The molecule has 3 unspecified atom stereocenters. The second-order valence-electron chi connectivity index (χ2n) is 11.2. The SMILES string of the molecule is O=C1C=CC=C2CC3=CC=c4c5c6c(nnc7cc8c9c(ccc4c9c76)Cc4ccccc4-8)=CC(C12)C35. The average Bonchev–Trinajstić information content (AvgIpc) is 2.93. The lowest BCUT2D eigenvalue weighted by Crippen LogP contribution is -2.41. The Hall–Kier alpha value is -4.37. The molecule has 5 aromatic rings. The summed E-state index contributed by atoms with van der Waals surface area (Å²) in [6.45, 7) is 0. The topological polar surface area (TPSA) is 42.9 Å². The maximum Gasteiger partial charge on any atom is 0.163 e. The van der Waals surface area contributed by atoms with Gasteiger partial charge in [-0.25, -0.2) is 0 Å². The molecule has 10 rings (SSSR count). The van der Waals surface area contributed by atoms with Crippen molar-refractivity contribution >= 4 is 50.4 Å². The van der Waals surface area contributed by atoms with E-state index in [1.165, 1.54) is 71.1 Å². The van der Waals surface area contributed by atoms with Gasteiger partial charge in [0.05, 0.1) is 16.8 Å². The number of nitrogens with zero attached hydrogens (tertiary/aromatic N) is 2. The normalized spacial score (nSPS) is 23.9. The Kier molecular flexibility index (Phi) is 3.12. The Morgan fingerprint density at radius 2 is 1.68 bits per heavy atom. The van der Waals surface area contributed by atoms with E-state index in [1.54, 1.807) is 6.08 Å². The quantitative estimate of drug-likeness (QED) is 0.284. The minimum absolute atomic E-state index is 0.0861. The molecule has 4 aromatic carbocycles. The molecule has 3 atom stereocenters. The number of hydrogen-bond donors (Lipinski definition) is 0. The number of carbonyl (C=O) groups excluding carboxylic acids is 1. The van der Waals surface area contributed by atoms with E-state index in [2.05, 4.69) is 66.8 Å². The van der Waals surface area contributed by atoms with Crippen LogP contribution in [0, 0.1) is 11.8 Å². The van der Waals surface area contributed by atoms with Gasteiger partial charge in [-0.05, 0) is 68.8 Å². The number of hydrogen-bond acceptors (Lipinski definition) is 3. The summed E-state index contributed by atoms with van der Waals surface area (Å²) >= 11 is 0. The average molecular weight is 473 g/mol. The summed E-state index contributed by atoms with van der Waals surface area (Å²) in [6, 6.07) is 15.7. The molecule has 1 aromatic heterocycles. The second kappa shape index (κ2) is 6.12. The summed E-state index contributed by atoms with van der Waals surface area (Å²) in [7, 11) is 0. The van der Waals surface area contributed by atoms with E-state index in [0.717, 1.165) is 23.7 Å². The Morgan fingerprint density at radius 3 is 2.65 bits per heavy atom. The first-order valence-electron chi connectivity index (χ1n) is 13.2. The first-order chi connectivity index (χ1) is 18.3. The van der Waals surface area contributed by atoms with Gasteiger partial charge in [-0.1, -0.05) is 77.9 Å². The van der Waals surface area contributed by atoms with Gasteiger partial charge in [0, 0.05) is 28.0 Å². The molecule has 3 heteroatoms. The zero-order valence-corrected chi connectivity index (χ0v) is 20.0. The molecular formula is C34H20N2O. The van der Waals surface area contributed by atoms with E-state index in [4.69, 9.17) is 10.2 Å². The maximum absolute atomic E-state index is 13.2. The van der Waals surface area contributed by atoms with Gasteiger partial charge < -0.3 is 0 Å². The van der Waals surface area contributed by atoms with Gasteiger partial charge in [-0.3, -0.25) is 4.79 Å². The lowest BCUT2D eigenvalue weighted by atomic mass is 9.59. The Bertz CT molecular complexity index is 2180. The second-order valence-corrected chi connectivity index (χ2v) is 11.2. The van der Waals surface area contributed by atoms with Crippen LogP contribution in [0.5, 0.6) is 0 Å². The van der Waals surface area contributed by atoms with Crippen molar-refractivity contribution < 1.29 is 4.79 Å². The maximum atomic E-state index is 13.2. The molecule has 172 valence electrons. The number of benzene rings is 4. The third kappa shape index (κ3) is 2.08. The van der Waals surface area contributed by atoms with E-state index in [0.29, 0.717) is 0 Å². The van der Waals surface area contributed by atoms with E-state index < -0.39 is 0 Å². The van der Waals surface area contributed by atoms with E-state index >= 15 is 0 Å². The van der Waals surface area contributed by atoms with Gasteiger partial charge in [0.2, 0.25) is 0 Å². The number of aromatic nitrogens is 2. The van der Waals surface area contributed by atoms with Crippen LogP contribution in [0.15, 0.2) is 77.9 Å². The molecule has 3 nitrogen and oxygen atoms in total. The third-order valence-electron chi connectivity index (χ3n) is 9.64. The molecule has 5 aliphatic rings. The van der Waals surface area contributed by atoms with Crippen LogP contribution in [0.25, 0.3) is 55.7 Å². The molecule has 1 saturated carbocycles. The number of rotatable bonds is 0. The molecule has 0 N–H and O–H groups in total. The van der Waals surface area contributed by atoms with Gasteiger partial charge in [0.1, 0.15) is 0 Å². The molecule has 0 spiro atoms. The summed E-state index contributed by atoms with van der Waals surface area (Å²) in [5.74, 6) is 0.426. The zero-order chi connectivity index (χ0) is 24.0. The summed E-state index contributed by atoms with van der Waals surface area (Å²) in [5.41, 5.74) is 10.3. The van der Waals surface area contributed by atoms with Crippen LogP contribution in [0.2, 0.25) is 0 Å². The minimum atomic E-state index is -0.0992. The molecule has 0 bridgehead atoms. The Labute approximate surface area is 212 Å². The highest BCUT2D eigenvalue weighted by Gasteiger charge is 2.45. The van der Waals surface area contributed by atoms with Crippen molar-refractivity contribution in [1.29, 1.82) is 0 Å². The molecule has 0 radical (unpaired) electrons. The zero-order valence-electron chi connectivity index (χ0n) is 20.0. The van der Waals surface area contributed by atoms with Crippen LogP contribution in [-0.2, 0) is 11.2 Å². The van der Waals surface area contributed by atoms with Crippen molar-refractivity contribution in [2.75, 3.05) is 0 Å². The van der Waals surface area contributed by atoms with Crippen molar-refractivity contribution in [3.05, 3.63) is 105 Å². The smallest absolute Gasteiger partial charge is 0.163 e. The van der Waals surface area contributed by atoms with Crippen LogP contribution < -0.4 is 10.6 Å². The number of carbonyl (C=O) groups is 1. The highest BCUT2D eigenvalue weighted by molar-refractivity contribution is 6.28. The van der Waals surface area contributed by atoms with Crippen molar-refractivity contribution in [2.45, 2.75) is 18.8 Å². The van der Waals surface area contributed by atoms with Crippen molar-refractivity contribution in [2.24, 2.45) is 11.8 Å². The first-order valence-corrected chi connectivity index (χ1v) is 13.2. The van der Waals surface area contributed by atoms with Gasteiger partial charge in [0.25, 0.3) is 0 Å². The number of ketones is 1. The lowest BCUT2D eigenvalue weighted by molar-refractivity contribution is -0.118. The number of fused-ring (bicyclic) bond motifs is 5. The van der Waals surface area contributed by atoms with E-state index in [9.17, 15) is 4.79 Å². The molecule has 0 saturated heterocycles.